The average Bonchev–Trinajstić information content (AvgIpc) is 2.64. The van der Waals surface area contributed by atoms with Gasteiger partial charge in [-0.15, -0.1) is 0 Å². The van der Waals surface area contributed by atoms with Gasteiger partial charge in [0, 0.05) is 18.8 Å². The van der Waals surface area contributed by atoms with Crippen LogP contribution in [0.2, 0.25) is 0 Å². The maximum absolute atomic E-state index is 12.4. The smallest absolute Gasteiger partial charge is 0.272 e. The van der Waals surface area contributed by atoms with Crippen molar-refractivity contribution in [3.63, 3.8) is 0 Å². The molecule has 1 aromatic heterocycles. The Hall–Kier alpha value is -2.56. The number of ether oxygens (including phenoxy) is 1. The Morgan fingerprint density at radius 2 is 1.72 bits per heavy atom. The van der Waals surface area contributed by atoms with Gasteiger partial charge in [0.1, 0.15) is 11.4 Å². The number of aromatic nitrogens is 1. The van der Waals surface area contributed by atoms with Crippen molar-refractivity contribution in [3.8, 4) is 5.75 Å². The normalized spacial score (nSPS) is 14.4. The number of piperidine rings is 1. The van der Waals surface area contributed by atoms with Crippen molar-refractivity contribution in [2.24, 2.45) is 0 Å². The lowest BCUT2D eigenvalue weighted by molar-refractivity contribution is 0.0718. The van der Waals surface area contributed by atoms with E-state index < -0.39 is 0 Å². The number of benzene rings is 1. The number of hydrogen-bond acceptors (Lipinski definition) is 4. The van der Waals surface area contributed by atoms with Gasteiger partial charge in [-0.25, -0.2) is 4.98 Å². The van der Waals surface area contributed by atoms with Gasteiger partial charge in [0.2, 0.25) is 0 Å². The van der Waals surface area contributed by atoms with Gasteiger partial charge in [0.25, 0.3) is 5.91 Å². The summed E-state index contributed by atoms with van der Waals surface area (Å²) in [4.78, 5) is 18.6. The van der Waals surface area contributed by atoms with Crippen LogP contribution in [0.5, 0.6) is 5.75 Å². The van der Waals surface area contributed by atoms with Crippen LogP contribution in [-0.2, 0) is 0 Å². The molecule has 5 nitrogen and oxygen atoms in total. The van der Waals surface area contributed by atoms with Gasteiger partial charge < -0.3 is 15.0 Å². The minimum Gasteiger partial charge on any atom is -0.491 e. The van der Waals surface area contributed by atoms with Gasteiger partial charge in [0.15, 0.2) is 0 Å². The number of likely N-dealkylation sites (tertiary alicyclic amines) is 1. The minimum atomic E-state index is 0.0291. The average molecular weight is 339 g/mol. The summed E-state index contributed by atoms with van der Waals surface area (Å²) < 4.78 is 5.64. The van der Waals surface area contributed by atoms with Crippen LogP contribution in [-0.4, -0.2) is 35.0 Å². The molecule has 25 heavy (non-hydrogen) atoms. The predicted octanol–water partition coefficient (Wildman–Crippen LogP) is 4.24. The Kier molecular flexibility index (Phi) is 5.53. The molecule has 1 aromatic carbocycles. The lowest BCUT2D eigenvalue weighted by Crippen LogP contribution is -2.36. The first-order valence-electron chi connectivity index (χ1n) is 8.91. The second-order valence-corrected chi connectivity index (χ2v) is 6.60. The van der Waals surface area contributed by atoms with Crippen molar-refractivity contribution in [1.82, 2.24) is 9.88 Å². The molecule has 2 aromatic rings. The van der Waals surface area contributed by atoms with E-state index in [1.54, 1.807) is 12.3 Å². The number of nitrogens with one attached hydrogen (secondary N) is 1. The third kappa shape index (κ3) is 4.72. The summed E-state index contributed by atoms with van der Waals surface area (Å²) in [5, 5.41) is 3.29. The lowest BCUT2D eigenvalue weighted by atomic mass is 10.1. The Morgan fingerprint density at radius 1 is 1.04 bits per heavy atom. The van der Waals surface area contributed by atoms with Gasteiger partial charge in [-0.05, 0) is 69.5 Å². The first kappa shape index (κ1) is 17.3. The van der Waals surface area contributed by atoms with Gasteiger partial charge in [0.05, 0.1) is 18.0 Å². The summed E-state index contributed by atoms with van der Waals surface area (Å²) in [6, 6.07) is 11.5. The lowest BCUT2D eigenvalue weighted by Gasteiger charge is -2.26. The molecule has 0 spiro atoms. The SMILES string of the molecule is CC(C)Oc1ccc(Nc2ccc(C(=O)N3CCCCC3)nc2)cc1. The van der Waals surface area contributed by atoms with Crippen molar-refractivity contribution in [2.45, 2.75) is 39.2 Å². The largest absolute Gasteiger partial charge is 0.491 e. The summed E-state index contributed by atoms with van der Waals surface area (Å²) in [6.45, 7) is 5.69. The maximum Gasteiger partial charge on any atom is 0.272 e. The van der Waals surface area contributed by atoms with E-state index in [0.717, 1.165) is 43.1 Å². The molecule has 0 radical (unpaired) electrons. The molecule has 0 atom stereocenters. The molecule has 0 unspecified atom stereocenters. The van der Waals surface area contributed by atoms with Gasteiger partial charge in [-0.3, -0.25) is 4.79 Å². The molecule has 2 heterocycles. The van der Waals surface area contributed by atoms with Gasteiger partial charge in [-0.1, -0.05) is 0 Å². The second-order valence-electron chi connectivity index (χ2n) is 6.60. The molecule has 0 aliphatic carbocycles. The van der Waals surface area contributed by atoms with E-state index >= 15 is 0 Å². The van der Waals surface area contributed by atoms with Crippen LogP contribution in [0.3, 0.4) is 0 Å². The monoisotopic (exact) mass is 339 g/mol. The summed E-state index contributed by atoms with van der Waals surface area (Å²) in [6.07, 6.45) is 5.24. The number of hydrogen-bond donors (Lipinski definition) is 1. The molecule has 3 rings (SSSR count). The summed E-state index contributed by atoms with van der Waals surface area (Å²) in [5.74, 6) is 0.877. The molecule has 0 bridgehead atoms. The molecule has 1 aliphatic rings. The molecule has 1 saturated heterocycles. The van der Waals surface area contributed by atoms with E-state index in [1.807, 2.05) is 49.1 Å². The number of carbonyl (C=O) groups is 1. The van der Waals surface area contributed by atoms with E-state index in [9.17, 15) is 4.79 Å². The number of carbonyl (C=O) groups excluding carboxylic acids is 1. The number of nitrogens with zero attached hydrogens (tertiary/aromatic N) is 2. The zero-order valence-corrected chi connectivity index (χ0v) is 14.9. The highest BCUT2D eigenvalue weighted by Crippen LogP contribution is 2.21. The number of anilines is 2. The van der Waals surface area contributed by atoms with Crippen molar-refractivity contribution in [1.29, 1.82) is 0 Å². The number of pyridine rings is 1. The van der Waals surface area contributed by atoms with Crippen LogP contribution in [0.25, 0.3) is 0 Å². The fourth-order valence-electron chi connectivity index (χ4n) is 2.91. The van der Waals surface area contributed by atoms with E-state index in [4.69, 9.17) is 4.74 Å². The highest BCUT2D eigenvalue weighted by molar-refractivity contribution is 5.92. The predicted molar refractivity (Wildman–Crippen MR) is 99.5 cm³/mol. The van der Waals surface area contributed by atoms with Crippen molar-refractivity contribution in [2.75, 3.05) is 18.4 Å². The first-order valence-corrected chi connectivity index (χ1v) is 8.91. The van der Waals surface area contributed by atoms with E-state index in [1.165, 1.54) is 6.42 Å². The van der Waals surface area contributed by atoms with Crippen LogP contribution >= 0.6 is 0 Å². The second kappa shape index (κ2) is 8.01. The molecular weight excluding hydrogens is 314 g/mol. The fraction of sp³-hybridized carbons (Fsp3) is 0.400. The third-order valence-corrected chi connectivity index (χ3v) is 4.14. The Balaban J connectivity index is 1.61. The molecule has 1 N–H and O–H groups in total. The molecule has 1 aliphatic heterocycles. The van der Waals surface area contributed by atoms with Crippen LogP contribution < -0.4 is 10.1 Å². The standard InChI is InChI=1S/C20H25N3O2/c1-15(2)25-18-9-6-16(7-10-18)22-17-8-11-19(21-14-17)20(24)23-12-4-3-5-13-23/h6-11,14-15,22H,3-5,12-13H2,1-2H3. The van der Waals surface area contributed by atoms with Crippen LogP contribution in [0, 0.1) is 0 Å². The van der Waals surface area contributed by atoms with Crippen molar-refractivity contribution in [3.05, 3.63) is 48.3 Å². The Labute approximate surface area is 149 Å². The summed E-state index contributed by atoms with van der Waals surface area (Å²) >= 11 is 0. The zero-order valence-electron chi connectivity index (χ0n) is 14.9. The van der Waals surface area contributed by atoms with Crippen molar-refractivity contribution >= 4 is 17.3 Å². The van der Waals surface area contributed by atoms with Gasteiger partial charge in [-0.2, -0.15) is 0 Å². The molecule has 5 heteroatoms. The molecule has 132 valence electrons. The number of rotatable bonds is 5. The molecule has 0 saturated carbocycles. The molecular formula is C20H25N3O2. The quantitative estimate of drug-likeness (QED) is 0.885. The summed E-state index contributed by atoms with van der Waals surface area (Å²) in [5.41, 5.74) is 2.31. The Morgan fingerprint density at radius 3 is 2.32 bits per heavy atom. The van der Waals surface area contributed by atoms with Crippen LogP contribution in [0.15, 0.2) is 42.6 Å². The van der Waals surface area contributed by atoms with E-state index in [0.29, 0.717) is 5.69 Å². The zero-order chi connectivity index (χ0) is 17.6. The Bertz CT molecular complexity index is 690. The van der Waals surface area contributed by atoms with E-state index in [-0.39, 0.29) is 12.0 Å². The van der Waals surface area contributed by atoms with E-state index in [2.05, 4.69) is 10.3 Å². The van der Waals surface area contributed by atoms with Crippen LogP contribution in [0.4, 0.5) is 11.4 Å². The fourth-order valence-corrected chi connectivity index (χ4v) is 2.91. The third-order valence-electron chi connectivity index (χ3n) is 4.14. The maximum atomic E-state index is 12.4. The molecule has 1 fully saturated rings. The van der Waals surface area contributed by atoms with Crippen molar-refractivity contribution < 1.29 is 9.53 Å². The summed E-state index contributed by atoms with van der Waals surface area (Å²) in [7, 11) is 0. The topological polar surface area (TPSA) is 54.5 Å². The molecule has 1 amide bonds. The number of amides is 1. The highest BCUT2D eigenvalue weighted by Gasteiger charge is 2.18. The van der Waals surface area contributed by atoms with Gasteiger partial charge >= 0.3 is 0 Å². The minimum absolute atomic E-state index is 0.0291. The first-order chi connectivity index (χ1) is 12.1. The highest BCUT2D eigenvalue weighted by atomic mass is 16.5. The van der Waals surface area contributed by atoms with Crippen LogP contribution in [0.1, 0.15) is 43.6 Å².